The van der Waals surface area contributed by atoms with Crippen molar-refractivity contribution in [3.63, 3.8) is 0 Å². The zero-order valence-electron chi connectivity index (χ0n) is 12.4. The van der Waals surface area contributed by atoms with Crippen LogP contribution in [0.2, 0.25) is 0 Å². The first kappa shape index (κ1) is 14.9. The summed E-state index contributed by atoms with van der Waals surface area (Å²) in [5, 5.41) is 3.65. The van der Waals surface area contributed by atoms with Gasteiger partial charge in [-0.25, -0.2) is 0 Å². The van der Waals surface area contributed by atoms with E-state index in [1.165, 1.54) is 4.90 Å². The van der Waals surface area contributed by atoms with E-state index in [1.807, 2.05) is 11.8 Å². The number of thioether (sulfide) groups is 1. The topological polar surface area (TPSA) is 21.3 Å². The first-order chi connectivity index (χ1) is 8.89. The van der Waals surface area contributed by atoms with Crippen LogP contribution in [0.5, 0.6) is 0 Å². The number of nitrogens with one attached hydrogen (secondary N) is 1. The van der Waals surface area contributed by atoms with Gasteiger partial charge in [0.15, 0.2) is 0 Å². The van der Waals surface area contributed by atoms with Crippen molar-refractivity contribution in [3.05, 3.63) is 30.3 Å². The minimum Gasteiger partial charge on any atom is -0.368 e. The summed E-state index contributed by atoms with van der Waals surface area (Å²) in [6, 6.07) is 11.0. The van der Waals surface area contributed by atoms with Crippen LogP contribution in [0.25, 0.3) is 0 Å². The number of rotatable bonds is 5. The van der Waals surface area contributed by atoms with Crippen LogP contribution in [-0.2, 0) is 4.74 Å². The highest BCUT2D eigenvalue weighted by Crippen LogP contribution is 2.37. The Kier molecular flexibility index (Phi) is 4.59. The molecule has 0 spiro atoms. The summed E-state index contributed by atoms with van der Waals surface area (Å²) < 4.78 is 6.09. The van der Waals surface area contributed by atoms with E-state index in [1.54, 1.807) is 0 Å². The highest BCUT2D eigenvalue weighted by atomic mass is 32.2. The van der Waals surface area contributed by atoms with Gasteiger partial charge >= 0.3 is 0 Å². The van der Waals surface area contributed by atoms with Crippen LogP contribution >= 0.6 is 11.8 Å². The molecular formula is C16H25NOS. The third-order valence-electron chi connectivity index (χ3n) is 3.58. The summed E-state index contributed by atoms with van der Waals surface area (Å²) in [4.78, 5) is 1.34. The Balaban J connectivity index is 1.74. The first-order valence-corrected chi connectivity index (χ1v) is 7.99. The second-order valence-corrected chi connectivity index (χ2v) is 7.51. The van der Waals surface area contributed by atoms with Crippen LogP contribution in [0.4, 0.5) is 0 Å². The Morgan fingerprint density at radius 3 is 2.47 bits per heavy atom. The smallest absolute Gasteiger partial charge is 0.0787 e. The fourth-order valence-electron chi connectivity index (χ4n) is 2.80. The Bertz CT molecular complexity index is 402. The normalized spacial score (nSPS) is 24.5. The molecule has 0 amide bonds. The fourth-order valence-corrected chi connectivity index (χ4v) is 3.60. The van der Waals surface area contributed by atoms with E-state index in [0.717, 1.165) is 18.7 Å². The molecule has 1 aromatic rings. The van der Waals surface area contributed by atoms with Crippen LogP contribution in [0.15, 0.2) is 35.2 Å². The summed E-state index contributed by atoms with van der Waals surface area (Å²) in [5.74, 6) is 1.09. The van der Waals surface area contributed by atoms with E-state index < -0.39 is 0 Å². The maximum atomic E-state index is 6.09. The molecule has 2 nitrogen and oxygen atoms in total. The van der Waals surface area contributed by atoms with E-state index in [2.05, 4.69) is 63.3 Å². The van der Waals surface area contributed by atoms with Crippen molar-refractivity contribution in [1.82, 2.24) is 5.32 Å². The third-order valence-corrected chi connectivity index (χ3v) is 4.59. The zero-order valence-corrected chi connectivity index (χ0v) is 13.2. The molecule has 1 heterocycles. The molecule has 0 radical (unpaired) electrons. The highest BCUT2D eigenvalue weighted by Gasteiger charge is 2.45. The lowest BCUT2D eigenvalue weighted by Crippen LogP contribution is -2.44. The molecule has 0 bridgehead atoms. The molecule has 19 heavy (non-hydrogen) atoms. The van der Waals surface area contributed by atoms with Crippen molar-refractivity contribution < 1.29 is 4.74 Å². The summed E-state index contributed by atoms with van der Waals surface area (Å²) in [6.45, 7) is 9.74. The molecule has 1 N–H and O–H groups in total. The Labute approximate surface area is 121 Å². The molecule has 1 fully saturated rings. The predicted octanol–water partition coefficient (Wildman–Crippen LogP) is 3.71. The van der Waals surface area contributed by atoms with Gasteiger partial charge in [0.25, 0.3) is 0 Å². The van der Waals surface area contributed by atoms with Crippen LogP contribution < -0.4 is 5.32 Å². The van der Waals surface area contributed by atoms with Crippen LogP contribution in [0.3, 0.4) is 0 Å². The van der Waals surface area contributed by atoms with E-state index in [-0.39, 0.29) is 11.2 Å². The van der Waals surface area contributed by atoms with Gasteiger partial charge in [-0.05, 0) is 46.2 Å². The van der Waals surface area contributed by atoms with Crippen LogP contribution in [0.1, 0.15) is 34.1 Å². The maximum absolute atomic E-state index is 6.09. The van der Waals surface area contributed by atoms with E-state index in [4.69, 9.17) is 4.74 Å². The number of hydrogen-bond acceptors (Lipinski definition) is 3. The minimum atomic E-state index is -0.0685. The molecule has 2 rings (SSSR count). The lowest BCUT2D eigenvalue weighted by molar-refractivity contribution is -0.0696. The van der Waals surface area contributed by atoms with Gasteiger partial charge in [-0.2, -0.15) is 0 Å². The summed E-state index contributed by atoms with van der Waals surface area (Å²) in [5.41, 5.74) is -0.0747. The second-order valence-electron chi connectivity index (χ2n) is 6.34. The Hall–Kier alpha value is -0.510. The number of benzene rings is 1. The van der Waals surface area contributed by atoms with Gasteiger partial charge in [0.1, 0.15) is 0 Å². The lowest BCUT2D eigenvalue weighted by Gasteiger charge is -2.27. The van der Waals surface area contributed by atoms with E-state index >= 15 is 0 Å². The fraction of sp³-hybridized carbons (Fsp3) is 0.625. The van der Waals surface area contributed by atoms with Gasteiger partial charge < -0.3 is 10.1 Å². The molecule has 1 aliphatic heterocycles. The minimum absolute atomic E-state index is 0.00621. The lowest BCUT2D eigenvalue weighted by atomic mass is 9.94. The summed E-state index contributed by atoms with van der Waals surface area (Å²) in [6.07, 6.45) is 1.08. The molecular weight excluding hydrogens is 254 g/mol. The van der Waals surface area contributed by atoms with Gasteiger partial charge in [-0.15, -0.1) is 11.8 Å². The largest absolute Gasteiger partial charge is 0.368 e. The second kappa shape index (κ2) is 5.86. The highest BCUT2D eigenvalue weighted by molar-refractivity contribution is 7.99. The monoisotopic (exact) mass is 279 g/mol. The van der Waals surface area contributed by atoms with E-state index in [9.17, 15) is 0 Å². The zero-order chi connectivity index (χ0) is 13.9. The van der Waals surface area contributed by atoms with Crippen molar-refractivity contribution in [1.29, 1.82) is 0 Å². The number of hydrogen-bond donors (Lipinski definition) is 1. The first-order valence-electron chi connectivity index (χ1n) is 7.00. The third kappa shape index (κ3) is 4.23. The Morgan fingerprint density at radius 2 is 1.89 bits per heavy atom. The standard InChI is InChI=1S/C16H25NOS/c1-15(2)12-14(16(3,4)18-15)17-10-11-19-13-8-6-5-7-9-13/h5-9,14,17H,10-12H2,1-4H3. The van der Waals surface area contributed by atoms with Gasteiger partial charge in [-0.3, -0.25) is 0 Å². The van der Waals surface area contributed by atoms with Crippen molar-refractivity contribution in [2.45, 2.75) is 56.3 Å². The average Bonchev–Trinajstić information content (AvgIpc) is 2.54. The van der Waals surface area contributed by atoms with Crippen molar-refractivity contribution in [2.24, 2.45) is 0 Å². The van der Waals surface area contributed by atoms with Gasteiger partial charge in [0.2, 0.25) is 0 Å². The average molecular weight is 279 g/mol. The molecule has 0 saturated carbocycles. The molecule has 1 saturated heterocycles. The Morgan fingerprint density at radius 1 is 1.21 bits per heavy atom. The van der Waals surface area contributed by atoms with Gasteiger partial charge in [0, 0.05) is 23.2 Å². The van der Waals surface area contributed by atoms with Crippen molar-refractivity contribution >= 4 is 11.8 Å². The maximum Gasteiger partial charge on any atom is 0.0787 e. The molecule has 0 aromatic heterocycles. The van der Waals surface area contributed by atoms with Gasteiger partial charge in [-0.1, -0.05) is 18.2 Å². The quantitative estimate of drug-likeness (QED) is 0.656. The van der Waals surface area contributed by atoms with Gasteiger partial charge in [0.05, 0.1) is 11.2 Å². The SMILES string of the molecule is CC1(C)CC(NCCSc2ccccc2)C(C)(C)O1. The predicted molar refractivity (Wildman–Crippen MR) is 82.8 cm³/mol. The molecule has 1 aliphatic rings. The molecule has 0 aliphatic carbocycles. The van der Waals surface area contributed by atoms with Crippen molar-refractivity contribution in [2.75, 3.05) is 12.3 Å². The van der Waals surface area contributed by atoms with E-state index in [0.29, 0.717) is 6.04 Å². The van der Waals surface area contributed by atoms with Crippen LogP contribution in [-0.4, -0.2) is 29.5 Å². The molecule has 1 aromatic carbocycles. The molecule has 1 unspecified atom stereocenters. The summed E-state index contributed by atoms with van der Waals surface area (Å²) >= 11 is 1.90. The summed E-state index contributed by atoms with van der Waals surface area (Å²) in [7, 11) is 0. The molecule has 3 heteroatoms. The van der Waals surface area contributed by atoms with Crippen molar-refractivity contribution in [3.8, 4) is 0 Å². The number of ether oxygens (including phenoxy) is 1. The van der Waals surface area contributed by atoms with Crippen LogP contribution in [0, 0.1) is 0 Å². The molecule has 106 valence electrons. The molecule has 1 atom stereocenters.